The molecule has 0 radical (unpaired) electrons. The Labute approximate surface area is 120 Å². The highest BCUT2D eigenvalue weighted by atomic mass is 35.5. The van der Waals surface area contributed by atoms with E-state index < -0.39 is 35.8 Å². The van der Waals surface area contributed by atoms with Crippen molar-refractivity contribution in [3.63, 3.8) is 0 Å². The zero-order valence-electron chi connectivity index (χ0n) is 11.4. The lowest BCUT2D eigenvalue weighted by atomic mass is 9.89. The number of nitrogens with zero attached hydrogens (tertiary/aromatic N) is 3. The third-order valence-electron chi connectivity index (χ3n) is 2.96. The molecule has 1 fully saturated rings. The molecule has 0 aromatic carbocycles. The third kappa shape index (κ3) is 4.26. The summed E-state index contributed by atoms with van der Waals surface area (Å²) in [5.74, 6) is -1.33. The summed E-state index contributed by atoms with van der Waals surface area (Å²) in [6, 6.07) is -0.694. The van der Waals surface area contributed by atoms with Crippen LogP contribution < -0.4 is 0 Å². The Kier molecular flexibility index (Phi) is 6.06. The molecule has 8 nitrogen and oxygen atoms in total. The van der Waals surface area contributed by atoms with Crippen molar-refractivity contribution in [2.24, 2.45) is 11.0 Å². The fourth-order valence-electron chi connectivity index (χ4n) is 1.98. The maximum absolute atomic E-state index is 11.1. The van der Waals surface area contributed by atoms with Gasteiger partial charge >= 0.3 is 11.9 Å². The van der Waals surface area contributed by atoms with Gasteiger partial charge in [-0.2, -0.15) is 0 Å². The molecule has 112 valence electrons. The second-order valence-electron chi connectivity index (χ2n) is 4.46. The van der Waals surface area contributed by atoms with E-state index in [-0.39, 0.29) is 12.5 Å². The molecule has 0 aromatic rings. The second kappa shape index (κ2) is 7.33. The average molecular weight is 306 g/mol. The lowest BCUT2D eigenvalue weighted by Gasteiger charge is -2.40. The predicted octanol–water partition coefficient (Wildman–Crippen LogP) is 1.76. The number of hydrogen-bond donors (Lipinski definition) is 0. The van der Waals surface area contributed by atoms with E-state index in [4.69, 9.17) is 31.3 Å². The standard InChI is InChI=1S/C11H16ClN3O5/c1-5-8(4-18-6(2)16)20-11(12)10(19-7(3)17)9(5)14-15-13/h5,8-11H,4H2,1-3H3/t5-,8?,9?,10-,11+/m0/s1. The minimum absolute atomic E-state index is 0.00996. The molecule has 0 saturated carbocycles. The SMILES string of the molecule is CC(=O)OCC1O[C@@H](Cl)[C@@H](OC(C)=O)C(N=[N+]=[N-])[C@H]1C. The van der Waals surface area contributed by atoms with Crippen molar-refractivity contribution in [1.82, 2.24) is 0 Å². The molecule has 2 unspecified atom stereocenters. The first-order chi connectivity index (χ1) is 9.36. The smallest absolute Gasteiger partial charge is 0.303 e. The Hall–Kier alpha value is -1.50. The van der Waals surface area contributed by atoms with E-state index in [2.05, 4.69) is 10.0 Å². The zero-order valence-corrected chi connectivity index (χ0v) is 12.1. The molecule has 1 aliphatic rings. The van der Waals surface area contributed by atoms with Crippen LogP contribution in [0.2, 0.25) is 0 Å². The van der Waals surface area contributed by atoms with Gasteiger partial charge in [0.15, 0.2) is 11.7 Å². The van der Waals surface area contributed by atoms with Crippen molar-refractivity contribution in [2.75, 3.05) is 6.61 Å². The van der Waals surface area contributed by atoms with Crippen molar-refractivity contribution >= 4 is 23.5 Å². The van der Waals surface area contributed by atoms with Crippen molar-refractivity contribution in [2.45, 2.75) is 44.6 Å². The predicted molar refractivity (Wildman–Crippen MR) is 68.8 cm³/mol. The van der Waals surface area contributed by atoms with Gasteiger partial charge < -0.3 is 14.2 Å². The summed E-state index contributed by atoms with van der Waals surface area (Å²) >= 11 is 6.01. The van der Waals surface area contributed by atoms with Crippen molar-refractivity contribution < 1.29 is 23.8 Å². The zero-order chi connectivity index (χ0) is 15.3. The van der Waals surface area contributed by atoms with Crippen LogP contribution in [0, 0.1) is 5.92 Å². The number of esters is 2. The highest BCUT2D eigenvalue weighted by molar-refractivity contribution is 6.20. The van der Waals surface area contributed by atoms with Gasteiger partial charge in [0.1, 0.15) is 6.61 Å². The molecule has 0 N–H and O–H groups in total. The van der Waals surface area contributed by atoms with Gasteiger partial charge in [-0.05, 0) is 11.4 Å². The van der Waals surface area contributed by atoms with Gasteiger partial charge in [-0.25, -0.2) is 0 Å². The molecule has 1 saturated heterocycles. The number of azide groups is 1. The van der Waals surface area contributed by atoms with Gasteiger partial charge in [0.05, 0.1) is 12.1 Å². The van der Waals surface area contributed by atoms with E-state index in [1.54, 1.807) is 6.92 Å². The van der Waals surface area contributed by atoms with Crippen molar-refractivity contribution in [3.8, 4) is 0 Å². The van der Waals surface area contributed by atoms with Crippen LogP contribution in [0.3, 0.4) is 0 Å². The monoisotopic (exact) mass is 305 g/mol. The molecule has 0 bridgehead atoms. The van der Waals surface area contributed by atoms with Crippen LogP contribution >= 0.6 is 11.6 Å². The number of carbonyl (C=O) groups is 2. The first-order valence-electron chi connectivity index (χ1n) is 6.01. The van der Waals surface area contributed by atoms with Crippen molar-refractivity contribution in [1.29, 1.82) is 0 Å². The number of carbonyl (C=O) groups excluding carboxylic acids is 2. The molecule has 0 spiro atoms. The average Bonchev–Trinajstić information content (AvgIpc) is 2.35. The van der Waals surface area contributed by atoms with Crippen LogP contribution in [0.5, 0.6) is 0 Å². The number of alkyl halides is 1. The maximum Gasteiger partial charge on any atom is 0.303 e. The Bertz CT molecular complexity index is 426. The van der Waals surface area contributed by atoms with Gasteiger partial charge in [-0.15, -0.1) is 0 Å². The highest BCUT2D eigenvalue weighted by Crippen LogP contribution is 2.32. The van der Waals surface area contributed by atoms with E-state index in [1.807, 2.05) is 0 Å². The first kappa shape index (κ1) is 16.6. The highest BCUT2D eigenvalue weighted by Gasteiger charge is 2.45. The number of halogens is 1. The van der Waals surface area contributed by atoms with Crippen LogP contribution in [0.1, 0.15) is 20.8 Å². The summed E-state index contributed by atoms with van der Waals surface area (Å²) in [6.45, 7) is 4.24. The Morgan fingerprint density at radius 2 is 2.05 bits per heavy atom. The van der Waals surface area contributed by atoms with Gasteiger partial charge in [0, 0.05) is 18.8 Å². The largest absolute Gasteiger partial charge is 0.463 e. The van der Waals surface area contributed by atoms with E-state index in [1.165, 1.54) is 13.8 Å². The van der Waals surface area contributed by atoms with E-state index in [9.17, 15) is 9.59 Å². The van der Waals surface area contributed by atoms with E-state index in [0.717, 1.165) is 0 Å². The molecular formula is C11H16ClN3O5. The Balaban J connectivity index is 2.86. The first-order valence-corrected chi connectivity index (χ1v) is 6.44. The van der Waals surface area contributed by atoms with Crippen LogP contribution in [0.4, 0.5) is 0 Å². The number of hydrogen-bond acceptors (Lipinski definition) is 6. The summed E-state index contributed by atoms with van der Waals surface area (Å²) in [6.07, 6.45) is -1.42. The minimum Gasteiger partial charge on any atom is -0.463 e. The molecule has 1 heterocycles. The van der Waals surface area contributed by atoms with Crippen LogP contribution in [0.15, 0.2) is 5.11 Å². The summed E-state index contributed by atoms with van der Waals surface area (Å²) in [5.41, 5.74) is 7.65. The van der Waals surface area contributed by atoms with E-state index in [0.29, 0.717) is 0 Å². The molecular weight excluding hydrogens is 290 g/mol. The molecule has 0 amide bonds. The van der Waals surface area contributed by atoms with Crippen molar-refractivity contribution in [3.05, 3.63) is 10.4 Å². The minimum atomic E-state index is -0.980. The second-order valence-corrected chi connectivity index (χ2v) is 4.89. The molecule has 5 atom stereocenters. The lowest BCUT2D eigenvalue weighted by molar-refractivity contribution is -0.177. The lowest BCUT2D eigenvalue weighted by Crippen LogP contribution is -2.53. The quantitative estimate of drug-likeness (QED) is 0.258. The maximum atomic E-state index is 11.1. The topological polar surface area (TPSA) is 111 Å². The number of rotatable bonds is 4. The van der Waals surface area contributed by atoms with Crippen LogP contribution in [0.25, 0.3) is 10.4 Å². The molecule has 9 heteroatoms. The van der Waals surface area contributed by atoms with Crippen LogP contribution in [-0.4, -0.2) is 42.4 Å². The van der Waals surface area contributed by atoms with Gasteiger partial charge in [-0.1, -0.05) is 23.6 Å². The molecule has 0 aliphatic carbocycles. The molecule has 0 aromatic heterocycles. The summed E-state index contributed by atoms with van der Waals surface area (Å²) in [5, 5.41) is 3.63. The van der Waals surface area contributed by atoms with Gasteiger partial charge in [0.2, 0.25) is 0 Å². The fraction of sp³-hybridized carbons (Fsp3) is 0.818. The van der Waals surface area contributed by atoms with Gasteiger partial charge in [0.25, 0.3) is 0 Å². The van der Waals surface area contributed by atoms with E-state index >= 15 is 0 Å². The molecule has 20 heavy (non-hydrogen) atoms. The Morgan fingerprint density at radius 3 is 2.55 bits per heavy atom. The fourth-order valence-corrected chi connectivity index (χ4v) is 2.31. The van der Waals surface area contributed by atoms with Crippen LogP contribution in [-0.2, 0) is 23.8 Å². The Morgan fingerprint density at radius 1 is 1.40 bits per heavy atom. The summed E-state index contributed by atoms with van der Waals surface area (Å²) < 4.78 is 15.4. The normalized spacial score (nSPS) is 32.9. The molecule has 1 rings (SSSR count). The third-order valence-corrected chi connectivity index (χ3v) is 3.31. The van der Waals surface area contributed by atoms with Gasteiger partial charge in [-0.3, -0.25) is 9.59 Å². The summed E-state index contributed by atoms with van der Waals surface area (Å²) in [4.78, 5) is 24.6. The molecule has 1 aliphatic heterocycles. The number of ether oxygens (including phenoxy) is 3. The summed E-state index contributed by atoms with van der Waals surface area (Å²) in [7, 11) is 0.